The average molecular weight is 1240 g/mol. The molecule has 2 heterocycles. The summed E-state index contributed by atoms with van der Waals surface area (Å²) in [6.45, 7) is 2.70. The fourth-order valence-corrected chi connectivity index (χ4v) is 11.4. The molecule has 0 aromatic rings. The molecule has 2 saturated heterocycles. The molecule has 2 fully saturated rings. The maximum atomic E-state index is 13.3. The van der Waals surface area contributed by atoms with Crippen LogP contribution in [0, 0.1) is 0 Å². The van der Waals surface area contributed by atoms with Gasteiger partial charge in [-0.25, -0.2) is 0 Å². The van der Waals surface area contributed by atoms with E-state index in [9.17, 15) is 45.6 Å². The number of carbonyl (C=O) groups is 1. The van der Waals surface area contributed by atoms with Crippen molar-refractivity contribution in [2.24, 2.45) is 0 Å². The monoisotopic (exact) mass is 1240 g/mol. The first kappa shape index (κ1) is 81.3. The van der Waals surface area contributed by atoms with Crippen molar-refractivity contribution in [3.63, 3.8) is 0 Å². The lowest BCUT2D eigenvalue weighted by Gasteiger charge is -2.46. The van der Waals surface area contributed by atoms with Gasteiger partial charge in [0, 0.05) is 6.42 Å². The van der Waals surface area contributed by atoms with Crippen LogP contribution < -0.4 is 5.32 Å². The summed E-state index contributed by atoms with van der Waals surface area (Å²) in [5, 5.41) is 87.5. The maximum Gasteiger partial charge on any atom is 0.220 e. The molecule has 1 amide bonds. The number of amides is 1. The lowest BCUT2D eigenvalue weighted by atomic mass is 9.97. The Labute approximate surface area is 535 Å². The molecule has 12 unspecified atom stereocenters. The molecule has 2 rings (SSSR count). The van der Waals surface area contributed by atoms with Gasteiger partial charge in [0.05, 0.1) is 32.0 Å². The number of carbonyl (C=O) groups excluding carboxylic acids is 1. The summed E-state index contributed by atoms with van der Waals surface area (Å²) in [4.78, 5) is 13.3. The minimum Gasteiger partial charge on any atom is -0.394 e. The normalized spacial score (nSPS) is 23.7. The number of hydrogen-bond donors (Lipinski definition) is 9. The highest BCUT2D eigenvalue weighted by atomic mass is 16.7. The van der Waals surface area contributed by atoms with E-state index in [-0.39, 0.29) is 18.9 Å². The molecule has 14 heteroatoms. The van der Waals surface area contributed by atoms with E-state index in [0.29, 0.717) is 12.8 Å². The quantitative estimate of drug-likeness (QED) is 0.0204. The van der Waals surface area contributed by atoms with Gasteiger partial charge < -0.3 is 65.1 Å². The van der Waals surface area contributed by atoms with Crippen LogP contribution in [0.3, 0.4) is 0 Å². The summed E-state index contributed by atoms with van der Waals surface area (Å²) in [6, 6.07) is -0.937. The molecule has 0 aromatic carbocycles. The van der Waals surface area contributed by atoms with Gasteiger partial charge in [0.15, 0.2) is 12.6 Å². The topological polar surface area (TPSA) is 228 Å². The van der Waals surface area contributed by atoms with E-state index in [2.05, 4.69) is 92.1 Å². The first-order valence-corrected chi connectivity index (χ1v) is 35.8. The predicted molar refractivity (Wildman–Crippen MR) is 360 cm³/mol. The van der Waals surface area contributed by atoms with Crippen molar-refractivity contribution in [3.8, 4) is 0 Å². The van der Waals surface area contributed by atoms with Gasteiger partial charge in [-0.15, -0.1) is 0 Å². The highest BCUT2D eigenvalue weighted by Crippen LogP contribution is 2.30. The van der Waals surface area contributed by atoms with Crippen LogP contribution in [0.1, 0.15) is 284 Å². The minimum absolute atomic E-state index is 0.249. The van der Waals surface area contributed by atoms with Crippen molar-refractivity contribution in [3.05, 3.63) is 85.1 Å². The van der Waals surface area contributed by atoms with Crippen molar-refractivity contribution in [2.45, 2.75) is 357 Å². The van der Waals surface area contributed by atoms with Crippen LogP contribution in [-0.4, -0.2) is 140 Å². The number of aliphatic hydroxyl groups is 8. The Balaban J connectivity index is 1.68. The molecule has 14 nitrogen and oxygen atoms in total. The van der Waals surface area contributed by atoms with Crippen LogP contribution in [0.25, 0.3) is 0 Å². The van der Waals surface area contributed by atoms with Crippen LogP contribution in [0.5, 0.6) is 0 Å². The molecule has 0 radical (unpaired) electrons. The van der Waals surface area contributed by atoms with E-state index in [1.54, 1.807) is 6.08 Å². The standard InChI is InChI=1S/C74H131NO13/c1-3-5-7-9-11-13-15-17-19-21-23-25-27-28-29-30-31-32-33-34-36-38-40-42-44-46-48-50-52-54-56-58-66(79)75-62(61-85-73-71(84)69(82)72(65(60-77)87-73)88-74-70(83)68(81)67(80)64(59-76)86-74)63(78)57-55-53-51-49-47-45-43-41-39-37-35-26-24-22-20-18-16-14-12-10-8-6-4-2/h5,7,11,13,17,19,23,25,28-29,47,49,55,57,62-65,67-74,76-78,80-84H,3-4,6,8-10,12,14-16,18,20-22,24,26-27,30-46,48,50-54,56,58-61H2,1-2H3,(H,75,79)/b7-5-,13-11-,19-17-,25-23-,29-28-,49-47+,57-55+. The van der Waals surface area contributed by atoms with Crippen molar-refractivity contribution < 1.29 is 64.6 Å². The number of rotatable bonds is 58. The summed E-state index contributed by atoms with van der Waals surface area (Å²) in [6.07, 6.45) is 63.5. The van der Waals surface area contributed by atoms with Crippen molar-refractivity contribution >= 4 is 5.91 Å². The van der Waals surface area contributed by atoms with E-state index in [1.165, 1.54) is 186 Å². The van der Waals surface area contributed by atoms with Gasteiger partial charge in [-0.1, -0.05) is 285 Å². The zero-order valence-electron chi connectivity index (χ0n) is 55.4. The number of nitrogens with one attached hydrogen (secondary N) is 1. The van der Waals surface area contributed by atoms with Crippen molar-refractivity contribution in [2.75, 3.05) is 19.8 Å². The Morgan fingerprint density at radius 3 is 1.25 bits per heavy atom. The summed E-state index contributed by atoms with van der Waals surface area (Å²) in [5.74, 6) is -0.249. The summed E-state index contributed by atoms with van der Waals surface area (Å²) >= 11 is 0. The maximum absolute atomic E-state index is 13.3. The van der Waals surface area contributed by atoms with Gasteiger partial charge in [0.1, 0.15) is 48.8 Å². The molecule has 2 aliphatic rings. The third kappa shape index (κ3) is 41.6. The number of hydrogen-bond acceptors (Lipinski definition) is 13. The molecular formula is C74H131NO13. The lowest BCUT2D eigenvalue weighted by molar-refractivity contribution is -0.359. The third-order valence-electron chi connectivity index (χ3n) is 17.1. The Morgan fingerprint density at radius 1 is 0.420 bits per heavy atom. The Morgan fingerprint density at radius 2 is 0.795 bits per heavy atom. The minimum atomic E-state index is -1.79. The number of allylic oxidation sites excluding steroid dienone is 13. The van der Waals surface area contributed by atoms with E-state index >= 15 is 0 Å². The second kappa shape index (κ2) is 58.0. The highest BCUT2D eigenvalue weighted by Gasteiger charge is 2.51. The molecule has 510 valence electrons. The predicted octanol–water partition coefficient (Wildman–Crippen LogP) is 14.8. The molecule has 0 bridgehead atoms. The van der Waals surface area contributed by atoms with Crippen LogP contribution in [0.15, 0.2) is 85.1 Å². The Hall–Kier alpha value is -2.83. The van der Waals surface area contributed by atoms with Gasteiger partial charge in [-0.3, -0.25) is 4.79 Å². The van der Waals surface area contributed by atoms with E-state index in [4.69, 9.17) is 18.9 Å². The Kier molecular flexibility index (Phi) is 53.6. The third-order valence-corrected chi connectivity index (χ3v) is 17.1. The van der Waals surface area contributed by atoms with E-state index in [1.807, 2.05) is 6.08 Å². The molecule has 0 saturated carbocycles. The molecule has 0 spiro atoms. The molecule has 0 aromatic heterocycles. The fraction of sp³-hybridized carbons (Fsp3) is 0.797. The number of ether oxygens (including phenoxy) is 4. The van der Waals surface area contributed by atoms with Crippen LogP contribution in [0.4, 0.5) is 0 Å². The van der Waals surface area contributed by atoms with Crippen molar-refractivity contribution in [1.82, 2.24) is 5.32 Å². The van der Waals surface area contributed by atoms with Crippen molar-refractivity contribution in [1.29, 1.82) is 0 Å². The molecule has 9 N–H and O–H groups in total. The highest BCUT2D eigenvalue weighted by molar-refractivity contribution is 5.76. The largest absolute Gasteiger partial charge is 0.394 e. The second-order valence-corrected chi connectivity index (χ2v) is 25.0. The zero-order chi connectivity index (χ0) is 63.8. The summed E-state index contributed by atoms with van der Waals surface area (Å²) < 4.78 is 22.9. The second-order valence-electron chi connectivity index (χ2n) is 25.0. The zero-order valence-corrected chi connectivity index (χ0v) is 55.4. The van der Waals surface area contributed by atoms with Crippen LogP contribution >= 0.6 is 0 Å². The van der Waals surface area contributed by atoms with Crippen LogP contribution in [-0.2, 0) is 23.7 Å². The molecule has 88 heavy (non-hydrogen) atoms. The van der Waals surface area contributed by atoms with Gasteiger partial charge >= 0.3 is 0 Å². The molecule has 0 aliphatic carbocycles. The Bertz CT molecular complexity index is 1800. The lowest BCUT2D eigenvalue weighted by Crippen LogP contribution is -2.65. The van der Waals surface area contributed by atoms with E-state index < -0.39 is 86.8 Å². The number of aliphatic hydroxyl groups excluding tert-OH is 8. The number of unbranched alkanes of at least 4 members (excludes halogenated alkanes) is 33. The molecule has 2 aliphatic heterocycles. The summed E-state index contributed by atoms with van der Waals surface area (Å²) in [5.41, 5.74) is 0. The smallest absolute Gasteiger partial charge is 0.220 e. The van der Waals surface area contributed by atoms with E-state index in [0.717, 1.165) is 64.2 Å². The van der Waals surface area contributed by atoms with Gasteiger partial charge in [-0.2, -0.15) is 0 Å². The molecule has 12 atom stereocenters. The fourth-order valence-electron chi connectivity index (χ4n) is 11.4. The first-order valence-electron chi connectivity index (χ1n) is 35.8. The average Bonchev–Trinajstić information content (AvgIpc) is 3.10. The SMILES string of the molecule is CC/C=C\C/C=C\C/C=C\C/C=C\C/C=C\CCCCCCCCCCCCCCCCCC(=O)NC(COC1OC(CO)C(OC2OC(CO)C(O)C(O)C2O)C(O)C1O)C(O)/C=C/CC/C=C/CCCCCCCCCCCCCCCCCCC. The molecular weight excluding hydrogens is 1110 g/mol. The van der Waals surface area contributed by atoms with Gasteiger partial charge in [-0.05, 0) is 77.0 Å². The first-order chi connectivity index (χ1) is 43.1. The van der Waals surface area contributed by atoms with Crippen LogP contribution in [0.2, 0.25) is 0 Å². The van der Waals surface area contributed by atoms with Gasteiger partial charge in [0.2, 0.25) is 5.91 Å². The van der Waals surface area contributed by atoms with Gasteiger partial charge in [0.25, 0.3) is 0 Å². The summed E-state index contributed by atoms with van der Waals surface area (Å²) in [7, 11) is 0.